The molecule has 66 valence electrons. The van der Waals surface area contributed by atoms with Gasteiger partial charge in [-0.1, -0.05) is 0 Å². The molecular weight excluding hydrogens is 220 g/mol. The third kappa shape index (κ3) is 1.95. The van der Waals surface area contributed by atoms with Crippen LogP contribution in [0.2, 0.25) is 0 Å². The summed E-state index contributed by atoms with van der Waals surface area (Å²) in [6.45, 7) is 0.0138. The van der Waals surface area contributed by atoms with Crippen LogP contribution in [0.15, 0.2) is 16.7 Å². The quantitative estimate of drug-likeness (QED) is 0.835. The van der Waals surface area contributed by atoms with E-state index in [0.29, 0.717) is 0 Å². The highest BCUT2D eigenvalue weighted by atomic mass is 79.9. The molecule has 0 aliphatic heterocycles. The maximum Gasteiger partial charge on any atom is 0.133 e. The van der Waals surface area contributed by atoms with Crippen molar-refractivity contribution in [2.45, 2.75) is 6.61 Å². The van der Waals surface area contributed by atoms with Crippen molar-refractivity contribution in [3.8, 4) is 0 Å². The van der Waals surface area contributed by atoms with Gasteiger partial charge in [0.05, 0.1) is 6.61 Å². The average Bonchev–Trinajstić information content (AvgIpc) is 2.03. The second kappa shape index (κ2) is 3.87. The molecule has 0 bridgehead atoms. The van der Waals surface area contributed by atoms with Crippen LogP contribution in [-0.2, 0) is 6.61 Å². The minimum atomic E-state index is 0.0138. The van der Waals surface area contributed by atoms with Crippen LogP contribution in [-0.4, -0.2) is 24.2 Å². The Balaban J connectivity index is 3.11. The Hall–Kier alpha value is -0.610. The minimum Gasteiger partial charge on any atom is -0.392 e. The van der Waals surface area contributed by atoms with Gasteiger partial charge in [0.2, 0.25) is 0 Å². The maximum absolute atomic E-state index is 9.00. The summed E-state index contributed by atoms with van der Waals surface area (Å²) in [4.78, 5) is 6.04. The number of nitrogens with zero attached hydrogens (tertiary/aromatic N) is 2. The highest BCUT2D eigenvalue weighted by Crippen LogP contribution is 2.19. The molecule has 1 heterocycles. The molecule has 0 spiro atoms. The Kier molecular flexibility index (Phi) is 3.05. The summed E-state index contributed by atoms with van der Waals surface area (Å²) in [5.41, 5.74) is 0.828. The zero-order valence-electron chi connectivity index (χ0n) is 7.08. The molecule has 0 saturated carbocycles. The van der Waals surface area contributed by atoms with E-state index in [1.165, 1.54) is 0 Å². The lowest BCUT2D eigenvalue weighted by atomic mass is 10.2. The molecule has 0 amide bonds. The Labute approximate surface area is 80.2 Å². The summed E-state index contributed by atoms with van der Waals surface area (Å²) in [6, 6.07) is 1.86. The van der Waals surface area contributed by atoms with Crippen molar-refractivity contribution in [2.24, 2.45) is 0 Å². The fourth-order valence-corrected chi connectivity index (χ4v) is 1.37. The molecule has 1 N–H and O–H groups in total. The van der Waals surface area contributed by atoms with Crippen molar-refractivity contribution in [3.05, 3.63) is 22.3 Å². The first kappa shape index (κ1) is 9.48. The van der Waals surface area contributed by atoms with Gasteiger partial charge >= 0.3 is 0 Å². The van der Waals surface area contributed by atoms with Crippen molar-refractivity contribution in [1.82, 2.24) is 4.98 Å². The van der Waals surface area contributed by atoms with E-state index in [1.807, 2.05) is 25.1 Å². The van der Waals surface area contributed by atoms with Crippen molar-refractivity contribution in [2.75, 3.05) is 19.0 Å². The molecule has 4 heteroatoms. The summed E-state index contributed by atoms with van der Waals surface area (Å²) in [5, 5.41) is 9.00. The molecule has 1 rings (SSSR count). The molecule has 0 aliphatic rings. The lowest BCUT2D eigenvalue weighted by molar-refractivity contribution is 0.281. The maximum atomic E-state index is 9.00. The largest absolute Gasteiger partial charge is 0.392 e. The predicted octanol–water partition coefficient (Wildman–Crippen LogP) is 1.40. The van der Waals surface area contributed by atoms with Gasteiger partial charge in [0.15, 0.2) is 0 Å². The highest BCUT2D eigenvalue weighted by Gasteiger charge is 2.04. The number of anilines is 1. The van der Waals surface area contributed by atoms with Crippen LogP contribution in [0.5, 0.6) is 0 Å². The molecule has 0 aliphatic carbocycles. The Morgan fingerprint density at radius 3 is 2.75 bits per heavy atom. The predicted molar refractivity (Wildman–Crippen MR) is 52.2 cm³/mol. The van der Waals surface area contributed by atoms with E-state index in [1.54, 1.807) is 6.20 Å². The SMILES string of the molecule is CN(C)c1ncc(Br)cc1CO. The number of pyridine rings is 1. The summed E-state index contributed by atoms with van der Waals surface area (Å²) < 4.78 is 0.886. The lowest BCUT2D eigenvalue weighted by Gasteiger charge is -2.14. The third-order valence-electron chi connectivity index (χ3n) is 1.50. The molecule has 0 aromatic carbocycles. The van der Waals surface area contributed by atoms with Crippen molar-refractivity contribution in [1.29, 1.82) is 0 Å². The van der Waals surface area contributed by atoms with E-state index in [0.717, 1.165) is 15.9 Å². The van der Waals surface area contributed by atoms with Crippen LogP contribution in [0.3, 0.4) is 0 Å². The number of rotatable bonds is 2. The molecule has 3 nitrogen and oxygen atoms in total. The second-order valence-corrected chi connectivity index (χ2v) is 3.60. The molecule has 1 aromatic heterocycles. The summed E-state index contributed by atoms with van der Waals surface area (Å²) in [7, 11) is 3.80. The number of hydrogen-bond acceptors (Lipinski definition) is 3. The van der Waals surface area contributed by atoms with Gasteiger partial charge in [-0.15, -0.1) is 0 Å². The number of hydrogen-bond donors (Lipinski definition) is 1. The zero-order chi connectivity index (χ0) is 9.14. The minimum absolute atomic E-state index is 0.0138. The van der Waals surface area contributed by atoms with Gasteiger partial charge in [-0.2, -0.15) is 0 Å². The molecule has 0 saturated heterocycles. The molecule has 0 atom stereocenters. The fraction of sp³-hybridized carbons (Fsp3) is 0.375. The van der Waals surface area contributed by atoms with E-state index in [2.05, 4.69) is 20.9 Å². The van der Waals surface area contributed by atoms with Crippen LogP contribution in [0, 0.1) is 0 Å². The van der Waals surface area contributed by atoms with Gasteiger partial charge in [-0.25, -0.2) is 4.98 Å². The van der Waals surface area contributed by atoms with Gasteiger partial charge in [-0.3, -0.25) is 0 Å². The van der Waals surface area contributed by atoms with E-state index >= 15 is 0 Å². The Morgan fingerprint density at radius 2 is 2.25 bits per heavy atom. The second-order valence-electron chi connectivity index (χ2n) is 2.69. The van der Waals surface area contributed by atoms with Crippen molar-refractivity contribution in [3.63, 3.8) is 0 Å². The molecule has 12 heavy (non-hydrogen) atoms. The van der Waals surface area contributed by atoms with Gasteiger partial charge in [0, 0.05) is 30.3 Å². The zero-order valence-corrected chi connectivity index (χ0v) is 8.67. The number of aliphatic hydroxyl groups is 1. The third-order valence-corrected chi connectivity index (χ3v) is 1.94. The fourth-order valence-electron chi connectivity index (χ4n) is 0.993. The van der Waals surface area contributed by atoms with Gasteiger partial charge in [-0.05, 0) is 22.0 Å². The van der Waals surface area contributed by atoms with Crippen LogP contribution >= 0.6 is 15.9 Å². The topological polar surface area (TPSA) is 36.4 Å². The Bertz CT molecular complexity index is 276. The van der Waals surface area contributed by atoms with Crippen molar-refractivity contribution >= 4 is 21.7 Å². The van der Waals surface area contributed by atoms with E-state index < -0.39 is 0 Å². The van der Waals surface area contributed by atoms with Crippen LogP contribution in [0.25, 0.3) is 0 Å². The molecular formula is C8H11BrN2O. The Morgan fingerprint density at radius 1 is 1.58 bits per heavy atom. The summed E-state index contributed by atoms with van der Waals surface area (Å²) in [6.07, 6.45) is 1.72. The van der Waals surface area contributed by atoms with Crippen LogP contribution in [0.1, 0.15) is 5.56 Å². The molecule has 0 fully saturated rings. The van der Waals surface area contributed by atoms with Gasteiger partial charge < -0.3 is 10.0 Å². The number of aromatic nitrogens is 1. The van der Waals surface area contributed by atoms with E-state index in [9.17, 15) is 0 Å². The van der Waals surface area contributed by atoms with E-state index in [-0.39, 0.29) is 6.61 Å². The number of halogens is 1. The molecule has 1 aromatic rings. The first-order valence-corrected chi connectivity index (χ1v) is 4.37. The molecule has 0 radical (unpaired) electrons. The van der Waals surface area contributed by atoms with Gasteiger partial charge in [0.1, 0.15) is 5.82 Å². The van der Waals surface area contributed by atoms with Crippen LogP contribution < -0.4 is 4.90 Å². The first-order chi connectivity index (χ1) is 5.65. The lowest BCUT2D eigenvalue weighted by Crippen LogP contribution is -2.13. The summed E-state index contributed by atoms with van der Waals surface area (Å²) in [5.74, 6) is 0.806. The average molecular weight is 231 g/mol. The highest BCUT2D eigenvalue weighted by molar-refractivity contribution is 9.10. The monoisotopic (exact) mass is 230 g/mol. The first-order valence-electron chi connectivity index (χ1n) is 3.57. The van der Waals surface area contributed by atoms with Crippen molar-refractivity contribution < 1.29 is 5.11 Å². The standard InChI is InChI=1S/C8H11BrN2O/c1-11(2)8-6(5-12)3-7(9)4-10-8/h3-4,12H,5H2,1-2H3. The number of aliphatic hydroxyl groups excluding tert-OH is 1. The smallest absolute Gasteiger partial charge is 0.133 e. The summed E-state index contributed by atoms with van der Waals surface area (Å²) >= 11 is 3.29. The van der Waals surface area contributed by atoms with Gasteiger partial charge in [0.25, 0.3) is 0 Å². The van der Waals surface area contributed by atoms with E-state index in [4.69, 9.17) is 5.11 Å². The molecule has 0 unspecified atom stereocenters. The van der Waals surface area contributed by atoms with Crippen LogP contribution in [0.4, 0.5) is 5.82 Å². The normalized spacial score (nSPS) is 10.0.